The van der Waals surface area contributed by atoms with Gasteiger partial charge in [-0.15, -0.1) is 0 Å². The van der Waals surface area contributed by atoms with Crippen LogP contribution in [0.4, 0.5) is 0 Å². The summed E-state index contributed by atoms with van der Waals surface area (Å²) in [5.74, 6) is 1.18. The van der Waals surface area contributed by atoms with Crippen molar-refractivity contribution in [2.75, 3.05) is 13.6 Å². The number of carbonyl (C=O) groups is 1. The maximum atomic E-state index is 11.0. The quantitative estimate of drug-likeness (QED) is 0.697. The third-order valence-corrected chi connectivity index (χ3v) is 3.61. The number of carbonyl (C=O) groups excluding carboxylic acids is 1. The lowest BCUT2D eigenvalue weighted by atomic mass is 9.88. The summed E-state index contributed by atoms with van der Waals surface area (Å²) >= 11 is 0. The number of nitrogens with zero attached hydrogens (tertiary/aromatic N) is 1. The van der Waals surface area contributed by atoms with Crippen LogP contribution < -0.4 is 0 Å². The van der Waals surface area contributed by atoms with E-state index in [9.17, 15) is 4.79 Å². The Labute approximate surface area is 94.0 Å². The van der Waals surface area contributed by atoms with Gasteiger partial charge < -0.3 is 4.90 Å². The van der Waals surface area contributed by atoms with Crippen LogP contribution in [0.2, 0.25) is 0 Å². The van der Waals surface area contributed by atoms with E-state index in [1.54, 1.807) is 6.92 Å². The van der Waals surface area contributed by atoms with Crippen LogP contribution in [0.1, 0.15) is 52.4 Å². The summed E-state index contributed by atoms with van der Waals surface area (Å²) < 4.78 is 0. The Balaban J connectivity index is 2.26. The summed E-state index contributed by atoms with van der Waals surface area (Å²) in [6.07, 6.45) is 7.69. The van der Waals surface area contributed by atoms with Gasteiger partial charge in [-0.05, 0) is 39.7 Å². The lowest BCUT2D eigenvalue weighted by molar-refractivity contribution is -0.118. The molecule has 0 amide bonds. The number of hydrogen-bond acceptors (Lipinski definition) is 2. The molecule has 0 heterocycles. The van der Waals surface area contributed by atoms with Crippen molar-refractivity contribution in [1.82, 2.24) is 4.90 Å². The molecule has 0 aromatic heterocycles. The highest BCUT2D eigenvalue weighted by Crippen LogP contribution is 2.24. The molecule has 1 saturated carbocycles. The molecule has 1 aliphatic carbocycles. The van der Waals surface area contributed by atoms with Gasteiger partial charge >= 0.3 is 0 Å². The lowest BCUT2D eigenvalue weighted by Gasteiger charge is -2.30. The van der Waals surface area contributed by atoms with Crippen LogP contribution in [-0.4, -0.2) is 30.3 Å². The zero-order chi connectivity index (χ0) is 11.3. The summed E-state index contributed by atoms with van der Waals surface area (Å²) in [5, 5.41) is 0. The van der Waals surface area contributed by atoms with Gasteiger partial charge in [-0.25, -0.2) is 0 Å². The van der Waals surface area contributed by atoms with Gasteiger partial charge in [0, 0.05) is 19.0 Å². The number of hydrogen-bond donors (Lipinski definition) is 0. The smallest absolute Gasteiger partial charge is 0.131 e. The van der Waals surface area contributed by atoms with E-state index < -0.39 is 0 Å². The van der Waals surface area contributed by atoms with E-state index in [-0.39, 0.29) is 0 Å². The molecule has 0 aromatic carbocycles. The van der Waals surface area contributed by atoms with E-state index >= 15 is 0 Å². The second-order valence-corrected chi connectivity index (χ2v) is 5.20. The van der Waals surface area contributed by atoms with Crippen molar-refractivity contribution in [2.24, 2.45) is 5.92 Å². The molecule has 2 heteroatoms. The third-order valence-electron chi connectivity index (χ3n) is 3.61. The van der Waals surface area contributed by atoms with Crippen molar-refractivity contribution in [1.29, 1.82) is 0 Å². The van der Waals surface area contributed by atoms with Crippen LogP contribution in [0.15, 0.2) is 0 Å². The second-order valence-electron chi connectivity index (χ2n) is 5.20. The molecule has 1 unspecified atom stereocenters. The second kappa shape index (κ2) is 6.26. The highest BCUT2D eigenvalue weighted by Gasteiger charge is 2.18. The van der Waals surface area contributed by atoms with E-state index in [0.29, 0.717) is 18.2 Å². The van der Waals surface area contributed by atoms with Crippen LogP contribution in [0.5, 0.6) is 0 Å². The van der Waals surface area contributed by atoms with Gasteiger partial charge in [0.2, 0.25) is 0 Å². The molecular formula is C13H25NO. The average Bonchev–Trinajstić information content (AvgIpc) is 2.18. The predicted octanol–water partition coefficient (Wildman–Crippen LogP) is 2.87. The van der Waals surface area contributed by atoms with Crippen molar-refractivity contribution in [2.45, 2.75) is 58.4 Å². The van der Waals surface area contributed by atoms with Gasteiger partial charge in [-0.1, -0.05) is 19.3 Å². The molecule has 88 valence electrons. The predicted molar refractivity (Wildman–Crippen MR) is 64.0 cm³/mol. The molecule has 2 nitrogen and oxygen atoms in total. The van der Waals surface area contributed by atoms with Gasteiger partial charge in [0.15, 0.2) is 0 Å². The highest BCUT2D eigenvalue weighted by molar-refractivity contribution is 5.76. The summed E-state index contributed by atoms with van der Waals surface area (Å²) in [4.78, 5) is 13.4. The number of ketones is 1. The molecule has 0 bridgehead atoms. The van der Waals surface area contributed by atoms with Crippen LogP contribution in [0.25, 0.3) is 0 Å². The van der Waals surface area contributed by atoms with Crippen LogP contribution >= 0.6 is 0 Å². The Hall–Kier alpha value is -0.370. The molecule has 0 radical (unpaired) electrons. The third kappa shape index (κ3) is 4.78. The highest BCUT2D eigenvalue weighted by atomic mass is 16.1. The number of Topliss-reactive ketones (excluding diaryl/α,β-unsaturated/α-hetero) is 1. The number of rotatable bonds is 5. The van der Waals surface area contributed by atoms with E-state index in [1.165, 1.54) is 38.6 Å². The first-order chi connectivity index (χ1) is 7.09. The summed E-state index contributed by atoms with van der Waals surface area (Å²) in [6, 6.07) is 0.407. The van der Waals surface area contributed by atoms with E-state index in [1.807, 2.05) is 0 Å². The molecule has 1 aliphatic rings. The van der Waals surface area contributed by atoms with Crippen molar-refractivity contribution < 1.29 is 4.79 Å². The molecule has 0 N–H and O–H groups in total. The monoisotopic (exact) mass is 211 g/mol. The van der Waals surface area contributed by atoms with E-state index in [2.05, 4.69) is 18.9 Å². The van der Waals surface area contributed by atoms with Crippen molar-refractivity contribution >= 4 is 5.78 Å². The molecule has 0 saturated heterocycles. The Morgan fingerprint density at radius 2 is 1.93 bits per heavy atom. The van der Waals surface area contributed by atoms with E-state index in [4.69, 9.17) is 0 Å². The zero-order valence-electron chi connectivity index (χ0n) is 10.5. The van der Waals surface area contributed by atoms with Gasteiger partial charge in [-0.3, -0.25) is 4.79 Å². The molecular weight excluding hydrogens is 186 g/mol. The first kappa shape index (κ1) is 12.7. The fraction of sp³-hybridized carbons (Fsp3) is 0.923. The molecule has 1 fully saturated rings. The molecule has 0 aromatic rings. The summed E-state index contributed by atoms with van der Waals surface area (Å²) in [6.45, 7) is 5.02. The minimum absolute atomic E-state index is 0.304. The SMILES string of the molecule is CC(=O)CC(C)N(C)CC1CCCCC1. The van der Waals surface area contributed by atoms with Crippen molar-refractivity contribution in [3.63, 3.8) is 0 Å². The van der Waals surface area contributed by atoms with Crippen LogP contribution in [0, 0.1) is 5.92 Å². The van der Waals surface area contributed by atoms with Gasteiger partial charge in [0.25, 0.3) is 0 Å². The van der Waals surface area contributed by atoms with Crippen molar-refractivity contribution in [3.05, 3.63) is 0 Å². The largest absolute Gasteiger partial charge is 0.303 e. The maximum Gasteiger partial charge on any atom is 0.131 e. The van der Waals surface area contributed by atoms with Gasteiger partial charge in [0.1, 0.15) is 5.78 Å². The molecule has 15 heavy (non-hydrogen) atoms. The fourth-order valence-corrected chi connectivity index (χ4v) is 2.53. The summed E-state index contributed by atoms with van der Waals surface area (Å²) in [7, 11) is 2.15. The first-order valence-electron chi connectivity index (χ1n) is 6.29. The van der Waals surface area contributed by atoms with Gasteiger partial charge in [0.05, 0.1) is 0 Å². The lowest BCUT2D eigenvalue weighted by Crippen LogP contribution is -2.35. The molecule has 1 atom stereocenters. The standard InChI is InChI=1S/C13H25NO/c1-11(9-12(2)15)14(3)10-13-7-5-4-6-8-13/h11,13H,4-10H2,1-3H3. The Morgan fingerprint density at radius 1 is 1.33 bits per heavy atom. The Bertz CT molecular complexity index is 197. The normalized spacial score (nSPS) is 20.5. The first-order valence-corrected chi connectivity index (χ1v) is 6.29. The van der Waals surface area contributed by atoms with E-state index in [0.717, 1.165) is 5.92 Å². The average molecular weight is 211 g/mol. The van der Waals surface area contributed by atoms with Crippen LogP contribution in [-0.2, 0) is 4.79 Å². The Kier molecular flexibility index (Phi) is 5.30. The van der Waals surface area contributed by atoms with Crippen LogP contribution in [0.3, 0.4) is 0 Å². The minimum atomic E-state index is 0.304. The summed E-state index contributed by atoms with van der Waals surface area (Å²) in [5.41, 5.74) is 0. The fourth-order valence-electron chi connectivity index (χ4n) is 2.53. The molecule has 1 rings (SSSR count). The van der Waals surface area contributed by atoms with Gasteiger partial charge in [-0.2, -0.15) is 0 Å². The maximum absolute atomic E-state index is 11.0. The molecule has 0 aliphatic heterocycles. The molecule has 0 spiro atoms. The minimum Gasteiger partial charge on any atom is -0.303 e. The Morgan fingerprint density at radius 3 is 2.47 bits per heavy atom. The zero-order valence-corrected chi connectivity index (χ0v) is 10.5. The van der Waals surface area contributed by atoms with Crippen molar-refractivity contribution in [3.8, 4) is 0 Å². The topological polar surface area (TPSA) is 20.3 Å².